The van der Waals surface area contributed by atoms with Gasteiger partial charge in [0.15, 0.2) is 0 Å². The Morgan fingerprint density at radius 3 is 2.48 bits per heavy atom. The molecule has 0 unspecified atom stereocenters. The predicted molar refractivity (Wildman–Crippen MR) is 115 cm³/mol. The molecule has 3 aromatic carbocycles. The van der Waals surface area contributed by atoms with Gasteiger partial charge in [0.05, 0.1) is 19.9 Å². The van der Waals surface area contributed by atoms with Gasteiger partial charge >= 0.3 is 5.56 Å². The van der Waals surface area contributed by atoms with Crippen LogP contribution in [0.5, 0.6) is 17.2 Å². The standard InChI is InChI=1S/C24H20N2O3/c1-3-17-15-25-26(16-19-9-6-8-18-7-4-5-10-22(18)19)24(27)23(17)29-21-13-11-20(28-2)12-14-21/h3-15H,1,16H2,2H3. The second-order valence-electron chi connectivity index (χ2n) is 6.51. The Morgan fingerprint density at radius 2 is 1.72 bits per heavy atom. The highest BCUT2D eigenvalue weighted by molar-refractivity contribution is 5.85. The summed E-state index contributed by atoms with van der Waals surface area (Å²) in [5.41, 5.74) is 1.24. The molecule has 5 heteroatoms. The minimum Gasteiger partial charge on any atom is -0.497 e. The van der Waals surface area contributed by atoms with E-state index in [4.69, 9.17) is 9.47 Å². The molecule has 0 amide bonds. The summed E-state index contributed by atoms with van der Waals surface area (Å²) in [5, 5.41) is 6.53. The lowest BCUT2D eigenvalue weighted by molar-refractivity contribution is 0.412. The van der Waals surface area contributed by atoms with E-state index in [1.165, 1.54) is 4.68 Å². The van der Waals surface area contributed by atoms with Crippen LogP contribution in [0.3, 0.4) is 0 Å². The van der Waals surface area contributed by atoms with Gasteiger partial charge in [-0.1, -0.05) is 55.1 Å². The molecule has 0 saturated heterocycles. The quantitative estimate of drug-likeness (QED) is 0.475. The van der Waals surface area contributed by atoms with Crippen molar-refractivity contribution in [2.45, 2.75) is 6.54 Å². The summed E-state index contributed by atoms with van der Waals surface area (Å²) in [4.78, 5) is 13.1. The van der Waals surface area contributed by atoms with E-state index in [1.54, 1.807) is 43.6 Å². The van der Waals surface area contributed by atoms with Crippen molar-refractivity contribution in [1.29, 1.82) is 0 Å². The Balaban J connectivity index is 1.72. The molecule has 29 heavy (non-hydrogen) atoms. The maximum absolute atomic E-state index is 13.1. The van der Waals surface area contributed by atoms with E-state index < -0.39 is 0 Å². The van der Waals surface area contributed by atoms with Gasteiger partial charge in [0, 0.05) is 5.56 Å². The highest BCUT2D eigenvalue weighted by Gasteiger charge is 2.13. The summed E-state index contributed by atoms with van der Waals surface area (Å²) in [6.07, 6.45) is 3.16. The molecule has 0 aliphatic carbocycles. The molecule has 144 valence electrons. The summed E-state index contributed by atoms with van der Waals surface area (Å²) < 4.78 is 12.5. The van der Waals surface area contributed by atoms with Crippen molar-refractivity contribution in [1.82, 2.24) is 9.78 Å². The van der Waals surface area contributed by atoms with Crippen LogP contribution in [0.4, 0.5) is 0 Å². The highest BCUT2D eigenvalue weighted by atomic mass is 16.5. The Kier molecular flexibility index (Phi) is 5.12. The normalized spacial score (nSPS) is 10.7. The maximum Gasteiger partial charge on any atom is 0.310 e. The number of methoxy groups -OCH3 is 1. The van der Waals surface area contributed by atoms with Crippen molar-refractivity contribution in [2.75, 3.05) is 7.11 Å². The molecule has 0 fully saturated rings. The van der Waals surface area contributed by atoms with Crippen molar-refractivity contribution in [3.05, 3.63) is 101 Å². The fourth-order valence-electron chi connectivity index (χ4n) is 3.20. The second kappa shape index (κ2) is 8.02. The Hall–Kier alpha value is -3.86. The number of hydrogen-bond donors (Lipinski definition) is 0. The van der Waals surface area contributed by atoms with Gasteiger partial charge in [0.1, 0.15) is 11.5 Å². The molecular weight excluding hydrogens is 364 g/mol. The van der Waals surface area contributed by atoms with Crippen LogP contribution in [-0.2, 0) is 6.54 Å². The average molecular weight is 384 g/mol. The predicted octanol–water partition coefficient (Wildman–Crippen LogP) is 4.89. The van der Waals surface area contributed by atoms with Crippen LogP contribution in [0.15, 0.2) is 84.3 Å². The fraction of sp³-hybridized carbons (Fsp3) is 0.0833. The van der Waals surface area contributed by atoms with Crippen molar-refractivity contribution in [3.63, 3.8) is 0 Å². The molecule has 1 heterocycles. The van der Waals surface area contributed by atoms with Crippen LogP contribution >= 0.6 is 0 Å². The molecule has 5 nitrogen and oxygen atoms in total. The number of rotatable bonds is 6. The van der Waals surface area contributed by atoms with Crippen LogP contribution in [0.2, 0.25) is 0 Å². The first-order chi connectivity index (χ1) is 14.2. The molecule has 0 aliphatic rings. The number of nitrogens with zero attached hydrogens (tertiary/aromatic N) is 2. The topological polar surface area (TPSA) is 53.4 Å². The van der Waals surface area contributed by atoms with Crippen LogP contribution in [0.1, 0.15) is 11.1 Å². The van der Waals surface area contributed by atoms with Crippen molar-refractivity contribution < 1.29 is 9.47 Å². The number of aromatic nitrogens is 2. The third-order valence-corrected chi connectivity index (χ3v) is 4.73. The van der Waals surface area contributed by atoms with E-state index in [9.17, 15) is 4.79 Å². The molecule has 0 aliphatic heterocycles. The van der Waals surface area contributed by atoms with Gasteiger partial charge < -0.3 is 9.47 Å². The third kappa shape index (κ3) is 3.75. The lowest BCUT2D eigenvalue weighted by atomic mass is 10.0. The number of hydrogen-bond acceptors (Lipinski definition) is 4. The SMILES string of the molecule is C=Cc1cnn(Cc2cccc3ccccc23)c(=O)c1Oc1ccc(OC)cc1. The first kappa shape index (κ1) is 18.5. The van der Waals surface area contributed by atoms with Gasteiger partial charge in [-0.3, -0.25) is 4.79 Å². The lowest BCUT2D eigenvalue weighted by Crippen LogP contribution is -2.25. The molecule has 0 saturated carbocycles. The first-order valence-corrected chi connectivity index (χ1v) is 9.20. The molecule has 0 radical (unpaired) electrons. The highest BCUT2D eigenvalue weighted by Crippen LogP contribution is 2.25. The molecule has 0 atom stereocenters. The van der Waals surface area contributed by atoms with Crippen molar-refractivity contribution in [3.8, 4) is 17.2 Å². The zero-order chi connectivity index (χ0) is 20.2. The monoisotopic (exact) mass is 384 g/mol. The van der Waals surface area contributed by atoms with Gasteiger partial charge in [-0.2, -0.15) is 5.10 Å². The molecule has 1 aromatic heterocycles. The number of ether oxygens (including phenoxy) is 2. The third-order valence-electron chi connectivity index (χ3n) is 4.73. The summed E-state index contributed by atoms with van der Waals surface area (Å²) >= 11 is 0. The van der Waals surface area contributed by atoms with Crippen LogP contribution in [0, 0.1) is 0 Å². The Morgan fingerprint density at radius 1 is 1.00 bits per heavy atom. The van der Waals surface area contributed by atoms with E-state index in [1.807, 2.05) is 42.5 Å². The Labute approximate surface area is 168 Å². The smallest absolute Gasteiger partial charge is 0.310 e. The fourth-order valence-corrected chi connectivity index (χ4v) is 3.20. The van der Waals surface area contributed by atoms with Gasteiger partial charge in [0.2, 0.25) is 5.75 Å². The summed E-state index contributed by atoms with van der Waals surface area (Å²) in [7, 11) is 1.60. The summed E-state index contributed by atoms with van der Waals surface area (Å²) in [5.74, 6) is 1.44. The summed E-state index contributed by atoms with van der Waals surface area (Å²) in [6.45, 7) is 4.11. The van der Waals surface area contributed by atoms with Crippen molar-refractivity contribution in [2.24, 2.45) is 0 Å². The largest absolute Gasteiger partial charge is 0.497 e. The van der Waals surface area contributed by atoms with Gasteiger partial charge in [-0.05, 0) is 40.6 Å². The second-order valence-corrected chi connectivity index (χ2v) is 6.51. The van der Waals surface area contributed by atoms with Gasteiger partial charge in [-0.25, -0.2) is 4.68 Å². The van der Waals surface area contributed by atoms with Gasteiger partial charge in [-0.15, -0.1) is 0 Å². The van der Waals surface area contributed by atoms with E-state index in [-0.39, 0.29) is 11.3 Å². The number of fused-ring (bicyclic) bond motifs is 1. The molecule has 0 N–H and O–H groups in total. The zero-order valence-corrected chi connectivity index (χ0v) is 16.0. The zero-order valence-electron chi connectivity index (χ0n) is 16.0. The molecular formula is C24H20N2O3. The van der Waals surface area contributed by atoms with Crippen LogP contribution < -0.4 is 15.0 Å². The molecule has 0 spiro atoms. The molecule has 4 rings (SSSR count). The van der Waals surface area contributed by atoms with Gasteiger partial charge in [0.25, 0.3) is 0 Å². The first-order valence-electron chi connectivity index (χ1n) is 9.20. The minimum atomic E-state index is -0.314. The van der Waals surface area contributed by atoms with E-state index in [2.05, 4.69) is 11.7 Å². The summed E-state index contributed by atoms with van der Waals surface area (Å²) in [6, 6.07) is 21.2. The Bertz CT molecular complexity index is 1220. The maximum atomic E-state index is 13.1. The van der Waals surface area contributed by atoms with E-state index >= 15 is 0 Å². The van der Waals surface area contributed by atoms with Crippen molar-refractivity contribution >= 4 is 16.8 Å². The van der Waals surface area contributed by atoms with E-state index in [0.29, 0.717) is 23.6 Å². The lowest BCUT2D eigenvalue weighted by Gasteiger charge is -2.12. The average Bonchev–Trinajstić information content (AvgIpc) is 2.77. The van der Waals surface area contributed by atoms with Crippen LogP contribution in [-0.4, -0.2) is 16.9 Å². The molecule has 0 bridgehead atoms. The number of benzene rings is 3. The molecule has 4 aromatic rings. The van der Waals surface area contributed by atoms with E-state index in [0.717, 1.165) is 16.3 Å². The minimum absolute atomic E-state index is 0.195. The van der Waals surface area contributed by atoms with Crippen LogP contribution in [0.25, 0.3) is 16.8 Å².